The molecule has 1 N–H and O–H groups in total. The standard InChI is InChI=1S/C25H28FN7O/c1-2-32-25(28-15-30-32)23-20(17-6-4-16(5-7-17)14-31-8-3-9-31)10-18-12-29-33(26)21-11-19(34)13-27-24(23)22(18)21/h4-7,11,15,20,23,29H,2-3,8-10,12-14H2,1H3. The number of benzene rings is 1. The van der Waals surface area contributed by atoms with E-state index in [0.717, 1.165) is 35.6 Å². The lowest BCUT2D eigenvalue weighted by Crippen LogP contribution is -2.43. The molecule has 8 nitrogen and oxygen atoms in total. The topological polar surface area (TPSA) is 78.6 Å². The number of aromatic nitrogens is 3. The first-order chi connectivity index (χ1) is 16.6. The molecule has 1 saturated heterocycles. The average molecular weight is 462 g/mol. The third-order valence-electron chi connectivity index (χ3n) is 7.36. The molecule has 3 aliphatic heterocycles. The molecule has 2 aromatic rings. The van der Waals surface area contributed by atoms with Crippen LogP contribution in [0.25, 0.3) is 0 Å². The van der Waals surface area contributed by atoms with Crippen LogP contribution in [-0.4, -0.2) is 62.6 Å². The highest BCUT2D eigenvalue weighted by molar-refractivity contribution is 6.13. The summed E-state index contributed by atoms with van der Waals surface area (Å²) in [4.78, 5) is 24.3. The zero-order chi connectivity index (χ0) is 23.2. The molecule has 0 radical (unpaired) electrons. The number of nitrogens with one attached hydrogen (secondary N) is 1. The first kappa shape index (κ1) is 21.4. The number of halogens is 1. The minimum absolute atomic E-state index is 0.00169. The molecule has 2 unspecified atom stereocenters. The zero-order valence-electron chi connectivity index (χ0n) is 19.2. The number of hydrazine groups is 1. The van der Waals surface area contributed by atoms with E-state index in [-0.39, 0.29) is 29.9 Å². The predicted octanol–water partition coefficient (Wildman–Crippen LogP) is 2.68. The van der Waals surface area contributed by atoms with Gasteiger partial charge in [-0.3, -0.25) is 14.7 Å². The summed E-state index contributed by atoms with van der Waals surface area (Å²) < 4.78 is 16.7. The lowest BCUT2D eigenvalue weighted by atomic mass is 9.69. The maximum atomic E-state index is 14.8. The minimum atomic E-state index is -0.219. The number of hydrogen-bond donors (Lipinski definition) is 1. The molecule has 2 atom stereocenters. The molecule has 34 heavy (non-hydrogen) atoms. The summed E-state index contributed by atoms with van der Waals surface area (Å²) in [6.45, 7) is 6.40. The van der Waals surface area contributed by atoms with E-state index in [1.165, 1.54) is 36.7 Å². The number of hydrogen-bond acceptors (Lipinski definition) is 7. The van der Waals surface area contributed by atoms with Crippen LogP contribution in [0.5, 0.6) is 0 Å². The molecule has 0 spiro atoms. The Bertz CT molecular complexity index is 1210. The number of aryl methyl sites for hydroxylation is 1. The van der Waals surface area contributed by atoms with Gasteiger partial charge >= 0.3 is 0 Å². The van der Waals surface area contributed by atoms with E-state index in [4.69, 9.17) is 4.99 Å². The van der Waals surface area contributed by atoms with E-state index in [2.05, 4.69) is 44.7 Å². The van der Waals surface area contributed by atoms with Crippen LogP contribution in [0.2, 0.25) is 0 Å². The molecule has 1 fully saturated rings. The lowest BCUT2D eigenvalue weighted by molar-refractivity contribution is -0.113. The van der Waals surface area contributed by atoms with Crippen LogP contribution in [0.3, 0.4) is 0 Å². The van der Waals surface area contributed by atoms with Gasteiger partial charge in [0, 0.05) is 37.2 Å². The highest BCUT2D eigenvalue weighted by Gasteiger charge is 2.44. The van der Waals surface area contributed by atoms with Crippen molar-refractivity contribution in [3.63, 3.8) is 0 Å². The SMILES string of the molecule is CCn1ncnc1C1C2=NCC(=O)C=C3C2=C(CNN3F)CC1c1ccc(CN2CCC2)cc1. The van der Waals surface area contributed by atoms with E-state index >= 15 is 0 Å². The van der Waals surface area contributed by atoms with Crippen molar-refractivity contribution in [3.8, 4) is 0 Å². The van der Waals surface area contributed by atoms with Crippen LogP contribution < -0.4 is 5.43 Å². The Balaban J connectivity index is 1.45. The smallest absolute Gasteiger partial charge is 0.179 e. The van der Waals surface area contributed by atoms with Gasteiger partial charge in [0.15, 0.2) is 5.78 Å². The van der Waals surface area contributed by atoms with Crippen LogP contribution >= 0.6 is 0 Å². The van der Waals surface area contributed by atoms with Gasteiger partial charge in [0.25, 0.3) is 0 Å². The van der Waals surface area contributed by atoms with Crippen LogP contribution in [0.15, 0.2) is 58.5 Å². The van der Waals surface area contributed by atoms with E-state index in [0.29, 0.717) is 18.3 Å². The highest BCUT2D eigenvalue weighted by Crippen LogP contribution is 2.47. The van der Waals surface area contributed by atoms with Crippen molar-refractivity contribution in [1.29, 1.82) is 0 Å². The first-order valence-corrected chi connectivity index (χ1v) is 12.0. The number of carbonyl (C=O) groups is 1. The van der Waals surface area contributed by atoms with Crippen molar-refractivity contribution in [2.24, 2.45) is 4.99 Å². The summed E-state index contributed by atoms with van der Waals surface area (Å²) in [5.74, 6) is 0.438. The van der Waals surface area contributed by atoms with Crippen molar-refractivity contribution in [3.05, 3.63) is 70.5 Å². The number of nitrogens with zero attached hydrogens (tertiary/aromatic N) is 6. The summed E-state index contributed by atoms with van der Waals surface area (Å²) in [6, 6.07) is 8.85. The maximum Gasteiger partial charge on any atom is 0.179 e. The van der Waals surface area contributed by atoms with E-state index < -0.39 is 0 Å². The predicted molar refractivity (Wildman–Crippen MR) is 125 cm³/mol. The summed E-state index contributed by atoms with van der Waals surface area (Å²) in [5, 5.41) is 4.88. The van der Waals surface area contributed by atoms with Gasteiger partial charge in [-0.2, -0.15) is 5.10 Å². The number of likely N-dealkylation sites (tertiary alicyclic amines) is 1. The Morgan fingerprint density at radius 3 is 2.76 bits per heavy atom. The third kappa shape index (κ3) is 3.59. The Hall–Kier alpha value is -3.17. The maximum absolute atomic E-state index is 14.8. The van der Waals surface area contributed by atoms with Gasteiger partial charge in [-0.15, -0.1) is 5.23 Å². The largest absolute Gasteiger partial charge is 0.299 e. The third-order valence-corrected chi connectivity index (χ3v) is 7.36. The second-order valence-electron chi connectivity index (χ2n) is 9.39. The van der Waals surface area contributed by atoms with Gasteiger partial charge in [0.1, 0.15) is 24.4 Å². The van der Waals surface area contributed by atoms with Crippen molar-refractivity contribution in [2.45, 2.75) is 44.7 Å². The molecular formula is C25H28FN7O. The molecule has 9 heteroatoms. The molecule has 176 valence electrons. The molecule has 1 aromatic heterocycles. The molecule has 1 aromatic carbocycles. The molecule has 4 heterocycles. The molecule has 6 rings (SSSR count). The minimum Gasteiger partial charge on any atom is -0.299 e. The summed E-state index contributed by atoms with van der Waals surface area (Å²) in [7, 11) is 0. The van der Waals surface area contributed by atoms with Gasteiger partial charge in [-0.1, -0.05) is 28.7 Å². The second-order valence-corrected chi connectivity index (χ2v) is 9.39. The van der Waals surface area contributed by atoms with Crippen molar-refractivity contribution < 1.29 is 9.28 Å². The molecule has 4 aliphatic rings. The van der Waals surface area contributed by atoms with Gasteiger partial charge in [-0.25, -0.2) is 15.1 Å². The average Bonchev–Trinajstić information content (AvgIpc) is 3.22. The molecule has 1 aliphatic carbocycles. The monoisotopic (exact) mass is 461 g/mol. The normalized spacial score (nSPS) is 24.9. The Morgan fingerprint density at radius 2 is 2.03 bits per heavy atom. The quantitative estimate of drug-likeness (QED) is 0.690. The Morgan fingerprint density at radius 1 is 1.21 bits per heavy atom. The summed E-state index contributed by atoms with van der Waals surface area (Å²) >= 11 is 0. The molecule has 0 bridgehead atoms. The number of ketones is 1. The molecule has 0 amide bonds. The van der Waals surface area contributed by atoms with Gasteiger partial charge < -0.3 is 0 Å². The van der Waals surface area contributed by atoms with Crippen LogP contribution in [0.1, 0.15) is 48.6 Å². The fraction of sp³-hybridized carbons (Fsp3) is 0.440. The van der Waals surface area contributed by atoms with Gasteiger partial charge in [0.2, 0.25) is 0 Å². The molecular weight excluding hydrogens is 433 g/mol. The lowest BCUT2D eigenvalue weighted by Gasteiger charge is -2.39. The first-order valence-electron chi connectivity index (χ1n) is 12.0. The number of rotatable bonds is 5. The van der Waals surface area contributed by atoms with Crippen LogP contribution in [0.4, 0.5) is 4.48 Å². The molecule has 0 saturated carbocycles. The van der Waals surface area contributed by atoms with Crippen molar-refractivity contribution in [1.82, 2.24) is 30.3 Å². The van der Waals surface area contributed by atoms with Gasteiger partial charge in [-0.05, 0) is 49.6 Å². The van der Waals surface area contributed by atoms with Crippen molar-refractivity contribution in [2.75, 3.05) is 26.2 Å². The Labute approximate surface area is 197 Å². The summed E-state index contributed by atoms with van der Waals surface area (Å²) in [6.07, 6.45) is 4.94. The van der Waals surface area contributed by atoms with E-state index in [9.17, 15) is 9.28 Å². The summed E-state index contributed by atoms with van der Waals surface area (Å²) in [5.41, 5.74) is 8.07. The number of aliphatic imine (C=N–C) groups is 1. The zero-order valence-corrected chi connectivity index (χ0v) is 19.2. The number of carbonyl (C=O) groups excluding carboxylic acids is 1. The van der Waals surface area contributed by atoms with E-state index in [1.807, 2.05) is 11.6 Å². The fourth-order valence-electron chi connectivity index (χ4n) is 5.54. The second kappa shape index (κ2) is 8.56. The van der Waals surface area contributed by atoms with Crippen molar-refractivity contribution >= 4 is 11.5 Å². The number of allylic oxidation sites excluding steroid dienone is 1. The van der Waals surface area contributed by atoms with Gasteiger partial charge in [0.05, 0.1) is 11.6 Å². The van der Waals surface area contributed by atoms with Crippen LogP contribution in [0, 0.1) is 0 Å². The fourth-order valence-corrected chi connectivity index (χ4v) is 5.54. The van der Waals surface area contributed by atoms with Crippen LogP contribution in [-0.2, 0) is 17.9 Å². The van der Waals surface area contributed by atoms with E-state index in [1.54, 1.807) is 6.33 Å². The highest BCUT2D eigenvalue weighted by atomic mass is 19.2. The Kier molecular flexibility index (Phi) is 5.38.